The average Bonchev–Trinajstić information content (AvgIpc) is 2.65. The third kappa shape index (κ3) is 4.11. The Bertz CT molecular complexity index is 340. The molecule has 0 spiro atoms. The normalized spacial score (nSPS) is 10.5. The maximum absolute atomic E-state index is 11.1. The number of anilines is 1. The van der Waals surface area contributed by atoms with E-state index in [4.69, 9.17) is 0 Å². The van der Waals surface area contributed by atoms with Gasteiger partial charge in [-0.25, -0.2) is 0 Å². The number of hydrogen-bond donors (Lipinski definition) is 2. The smallest absolute Gasteiger partial charge is 0.233 e. The van der Waals surface area contributed by atoms with Crippen LogP contribution in [0, 0.1) is 0 Å². The molecule has 0 aliphatic carbocycles. The van der Waals surface area contributed by atoms with Crippen LogP contribution >= 0.6 is 11.3 Å². The zero-order valence-corrected chi connectivity index (χ0v) is 10.6. The van der Waals surface area contributed by atoms with E-state index in [1.54, 1.807) is 7.05 Å². The highest BCUT2D eigenvalue weighted by atomic mass is 32.1. The zero-order valence-electron chi connectivity index (χ0n) is 9.78. The molecule has 0 saturated carbocycles. The Hall–Kier alpha value is -1.21. The molecule has 1 rings (SSSR count). The molecule has 7 heteroatoms. The fraction of sp³-hybridized carbons (Fsp3) is 0.667. The van der Waals surface area contributed by atoms with Gasteiger partial charge in [-0.05, 0) is 14.0 Å². The van der Waals surface area contributed by atoms with E-state index in [0.29, 0.717) is 13.1 Å². The highest BCUT2D eigenvalue weighted by molar-refractivity contribution is 7.15. The van der Waals surface area contributed by atoms with Crippen molar-refractivity contribution >= 4 is 22.4 Å². The van der Waals surface area contributed by atoms with Gasteiger partial charge in [0.2, 0.25) is 11.0 Å². The van der Waals surface area contributed by atoms with Gasteiger partial charge in [-0.3, -0.25) is 9.69 Å². The number of amides is 1. The molecule has 0 aromatic carbocycles. The summed E-state index contributed by atoms with van der Waals surface area (Å²) >= 11 is 1.51. The van der Waals surface area contributed by atoms with Crippen molar-refractivity contribution in [1.82, 2.24) is 20.4 Å². The molecule has 0 bridgehead atoms. The minimum atomic E-state index is -0.000998. The van der Waals surface area contributed by atoms with E-state index in [1.165, 1.54) is 11.3 Å². The molecular weight excluding hydrogens is 226 g/mol. The van der Waals surface area contributed by atoms with Crippen LogP contribution in [0.3, 0.4) is 0 Å². The van der Waals surface area contributed by atoms with Gasteiger partial charge in [-0.2, -0.15) is 0 Å². The second-order valence-corrected chi connectivity index (χ2v) is 4.44. The van der Waals surface area contributed by atoms with Crippen LogP contribution in [-0.4, -0.2) is 48.2 Å². The minimum Gasteiger partial charge on any atom is -0.360 e. The molecule has 0 fully saturated rings. The van der Waals surface area contributed by atoms with Crippen LogP contribution in [0.5, 0.6) is 0 Å². The van der Waals surface area contributed by atoms with Crippen molar-refractivity contribution in [3.05, 3.63) is 5.01 Å². The van der Waals surface area contributed by atoms with Crippen molar-refractivity contribution < 1.29 is 4.79 Å². The highest BCUT2D eigenvalue weighted by Crippen LogP contribution is 2.15. The Morgan fingerprint density at radius 2 is 2.25 bits per heavy atom. The van der Waals surface area contributed by atoms with Gasteiger partial charge in [-0.1, -0.05) is 11.3 Å². The van der Waals surface area contributed by atoms with Crippen molar-refractivity contribution in [3.8, 4) is 0 Å². The van der Waals surface area contributed by atoms with Gasteiger partial charge in [0.05, 0.1) is 13.1 Å². The van der Waals surface area contributed by atoms with Crippen LogP contribution in [-0.2, 0) is 11.3 Å². The minimum absolute atomic E-state index is 0.000998. The molecule has 1 amide bonds. The summed E-state index contributed by atoms with van der Waals surface area (Å²) in [7, 11) is 3.51. The summed E-state index contributed by atoms with van der Waals surface area (Å²) in [6, 6.07) is 0. The number of carbonyl (C=O) groups excluding carboxylic acids is 1. The van der Waals surface area contributed by atoms with Gasteiger partial charge >= 0.3 is 0 Å². The lowest BCUT2D eigenvalue weighted by atomic mass is 10.5. The Balaban J connectivity index is 2.43. The summed E-state index contributed by atoms with van der Waals surface area (Å²) in [5.74, 6) is -0.000998. The van der Waals surface area contributed by atoms with E-state index in [2.05, 4.69) is 20.8 Å². The van der Waals surface area contributed by atoms with Crippen LogP contribution in [0.25, 0.3) is 0 Å². The molecule has 0 aliphatic heterocycles. The third-order valence-electron chi connectivity index (χ3n) is 1.89. The molecule has 1 heterocycles. The quantitative estimate of drug-likeness (QED) is 0.744. The standard InChI is InChI=1S/C9H17N5OS/c1-4-11-9-13-12-8(16-9)6-14(3)5-7(15)10-2/h4-6H2,1-3H3,(H,10,15)(H,11,13). The molecule has 90 valence electrons. The van der Waals surface area contributed by atoms with Crippen LogP contribution in [0.1, 0.15) is 11.9 Å². The molecular formula is C9H17N5OS. The summed E-state index contributed by atoms with van der Waals surface area (Å²) < 4.78 is 0. The summed E-state index contributed by atoms with van der Waals surface area (Å²) in [6.07, 6.45) is 0. The first-order valence-corrected chi connectivity index (χ1v) is 5.92. The maximum atomic E-state index is 11.1. The monoisotopic (exact) mass is 243 g/mol. The van der Waals surface area contributed by atoms with Gasteiger partial charge in [-0.15, -0.1) is 10.2 Å². The molecule has 0 aliphatic rings. The Labute approximate surface area is 99.1 Å². The Morgan fingerprint density at radius 1 is 1.50 bits per heavy atom. The number of likely N-dealkylation sites (N-methyl/N-ethyl adjacent to an activating group) is 2. The van der Waals surface area contributed by atoms with Crippen LogP contribution < -0.4 is 10.6 Å². The predicted octanol–water partition coefficient (Wildman–Crippen LogP) is 0.148. The van der Waals surface area contributed by atoms with Crippen molar-refractivity contribution in [2.75, 3.05) is 32.5 Å². The number of nitrogens with one attached hydrogen (secondary N) is 2. The van der Waals surface area contributed by atoms with Gasteiger partial charge in [0, 0.05) is 13.6 Å². The van der Waals surface area contributed by atoms with E-state index in [0.717, 1.165) is 16.7 Å². The first kappa shape index (κ1) is 12.9. The number of aromatic nitrogens is 2. The second kappa shape index (κ2) is 6.39. The molecule has 0 radical (unpaired) electrons. The second-order valence-electron chi connectivity index (χ2n) is 3.38. The zero-order chi connectivity index (χ0) is 12.0. The van der Waals surface area contributed by atoms with E-state index in [-0.39, 0.29) is 5.91 Å². The van der Waals surface area contributed by atoms with Gasteiger partial charge in [0.15, 0.2) is 0 Å². The molecule has 6 nitrogen and oxygen atoms in total. The summed E-state index contributed by atoms with van der Waals surface area (Å²) in [5, 5.41) is 15.4. The summed E-state index contributed by atoms with van der Waals surface area (Å²) in [4.78, 5) is 13.0. The first-order chi connectivity index (χ1) is 7.65. The fourth-order valence-corrected chi connectivity index (χ4v) is 2.04. The van der Waals surface area contributed by atoms with Crippen molar-refractivity contribution in [2.24, 2.45) is 0 Å². The van der Waals surface area contributed by atoms with E-state index < -0.39 is 0 Å². The van der Waals surface area contributed by atoms with Gasteiger partial charge in [0.25, 0.3) is 0 Å². The van der Waals surface area contributed by atoms with E-state index >= 15 is 0 Å². The SMILES string of the molecule is CCNc1nnc(CN(C)CC(=O)NC)s1. The fourth-order valence-electron chi connectivity index (χ4n) is 1.15. The average molecular weight is 243 g/mol. The summed E-state index contributed by atoms with van der Waals surface area (Å²) in [6.45, 7) is 3.85. The molecule has 0 saturated heterocycles. The number of carbonyl (C=O) groups is 1. The molecule has 2 N–H and O–H groups in total. The lowest BCUT2D eigenvalue weighted by Gasteiger charge is -2.12. The van der Waals surface area contributed by atoms with Crippen molar-refractivity contribution in [1.29, 1.82) is 0 Å². The van der Waals surface area contributed by atoms with Crippen molar-refractivity contribution in [3.63, 3.8) is 0 Å². The van der Waals surface area contributed by atoms with E-state index in [1.807, 2.05) is 18.9 Å². The lowest BCUT2D eigenvalue weighted by molar-refractivity contribution is -0.121. The topological polar surface area (TPSA) is 70.2 Å². The molecule has 0 atom stereocenters. The maximum Gasteiger partial charge on any atom is 0.233 e. The number of hydrogen-bond acceptors (Lipinski definition) is 6. The largest absolute Gasteiger partial charge is 0.360 e. The van der Waals surface area contributed by atoms with Crippen LogP contribution in [0.4, 0.5) is 5.13 Å². The number of rotatable bonds is 6. The van der Waals surface area contributed by atoms with Gasteiger partial charge in [0.1, 0.15) is 5.01 Å². The molecule has 16 heavy (non-hydrogen) atoms. The van der Waals surface area contributed by atoms with Crippen LogP contribution in [0.2, 0.25) is 0 Å². The number of nitrogens with zero attached hydrogens (tertiary/aromatic N) is 3. The summed E-state index contributed by atoms with van der Waals surface area (Å²) in [5.41, 5.74) is 0. The lowest BCUT2D eigenvalue weighted by Crippen LogP contribution is -2.32. The van der Waals surface area contributed by atoms with E-state index in [9.17, 15) is 4.79 Å². The molecule has 0 unspecified atom stereocenters. The van der Waals surface area contributed by atoms with Crippen molar-refractivity contribution in [2.45, 2.75) is 13.5 Å². The van der Waals surface area contributed by atoms with Crippen LogP contribution in [0.15, 0.2) is 0 Å². The third-order valence-corrected chi connectivity index (χ3v) is 2.76. The molecule has 1 aromatic rings. The first-order valence-electron chi connectivity index (χ1n) is 5.11. The Morgan fingerprint density at radius 3 is 2.88 bits per heavy atom. The predicted molar refractivity (Wildman–Crippen MR) is 64.5 cm³/mol. The molecule has 1 aromatic heterocycles. The Kier molecular flexibility index (Phi) is 5.13. The van der Waals surface area contributed by atoms with Gasteiger partial charge < -0.3 is 10.6 Å². The highest BCUT2D eigenvalue weighted by Gasteiger charge is 2.09.